The molecular formula is C107H111Cl6FN18O17. The molecule has 6 aromatic heterocycles. The van der Waals surface area contributed by atoms with Crippen molar-refractivity contribution in [2.45, 2.75) is 170 Å². The zero-order valence-electron chi connectivity index (χ0n) is 81.0. The highest BCUT2D eigenvalue weighted by molar-refractivity contribution is 6.37. The number of hydrogen-bond acceptors (Lipinski definition) is 17. The number of halogens is 7. The van der Waals surface area contributed by atoms with Crippen molar-refractivity contribution in [1.82, 2.24) is 91.2 Å². The molecule has 7 aromatic carbocycles. The van der Waals surface area contributed by atoms with Gasteiger partial charge in [-0.25, -0.2) is 33.2 Å². The van der Waals surface area contributed by atoms with Crippen LogP contribution in [0.5, 0.6) is 5.75 Å². The first-order valence-corrected chi connectivity index (χ1v) is 52.5. The Balaban J connectivity index is 0.000000112. The number of carbonyl (C=O) groups excluding carboxylic acids is 12. The maximum Gasteiger partial charge on any atom is 0.324 e. The lowest BCUT2D eigenvalue weighted by atomic mass is 9.89. The van der Waals surface area contributed by atoms with E-state index in [2.05, 4.69) is 61.8 Å². The molecule has 24 rings (SSSR count). The van der Waals surface area contributed by atoms with Gasteiger partial charge in [-0.1, -0.05) is 168 Å². The van der Waals surface area contributed by atoms with Gasteiger partial charge in [-0.2, -0.15) is 0 Å². The minimum Gasteiger partial charge on any atom is -0.494 e. The third-order valence-corrected chi connectivity index (χ3v) is 30.8. The average Bonchev–Trinajstić information content (AvgIpc) is 1.65. The fourth-order valence-corrected chi connectivity index (χ4v) is 22.2. The smallest absolute Gasteiger partial charge is 0.324 e. The van der Waals surface area contributed by atoms with Crippen LogP contribution in [-0.4, -0.2) is 264 Å². The van der Waals surface area contributed by atoms with E-state index in [1.54, 1.807) is 12.3 Å². The van der Waals surface area contributed by atoms with Crippen LogP contribution in [0, 0.1) is 17.7 Å². The summed E-state index contributed by atoms with van der Waals surface area (Å²) in [5.41, 5.74) is 10.4. The number of aromatic nitrogens is 6. The van der Waals surface area contributed by atoms with Gasteiger partial charge < -0.3 is 85.5 Å². The number of aromatic amines is 6. The highest BCUT2D eigenvalue weighted by atomic mass is 35.5. The van der Waals surface area contributed by atoms with Gasteiger partial charge in [0.05, 0.1) is 109 Å². The maximum absolute atomic E-state index is 13.5. The summed E-state index contributed by atoms with van der Waals surface area (Å²) in [4.78, 5) is 175. The van der Waals surface area contributed by atoms with Crippen LogP contribution in [0.2, 0.25) is 30.1 Å². The van der Waals surface area contributed by atoms with E-state index in [0.29, 0.717) is 160 Å². The summed E-state index contributed by atoms with van der Waals surface area (Å²) >= 11 is 36.8. The van der Waals surface area contributed by atoms with Gasteiger partial charge in [0.15, 0.2) is 0 Å². The summed E-state index contributed by atoms with van der Waals surface area (Å²) in [6, 6.07) is 35.4. The van der Waals surface area contributed by atoms with E-state index in [-0.39, 0.29) is 95.5 Å². The molecule has 16 heterocycles. The summed E-state index contributed by atoms with van der Waals surface area (Å²) in [5, 5.41) is 25.5. The predicted octanol–water partition coefficient (Wildman–Crippen LogP) is 17.1. The topological polar surface area (TPSA) is 441 Å². The number of epoxide rings is 1. The third kappa shape index (κ3) is 23.8. The molecular weight excluding hydrogens is 2040 g/mol. The molecule has 780 valence electrons. The summed E-state index contributed by atoms with van der Waals surface area (Å²) < 4.78 is 40.6. The number of carbonyl (C=O) groups is 12. The number of nitrogens with one attached hydrogen (secondary N) is 12. The Morgan fingerprint density at radius 3 is 0.933 bits per heavy atom. The number of nitrogens with zero attached hydrogens (tertiary/aromatic N) is 6. The van der Waals surface area contributed by atoms with Crippen LogP contribution in [0.25, 0.3) is 65.4 Å². The van der Waals surface area contributed by atoms with Gasteiger partial charge in [0, 0.05) is 154 Å². The van der Waals surface area contributed by atoms with E-state index in [1.165, 1.54) is 54.7 Å². The first-order valence-electron chi connectivity index (χ1n) is 50.2. The van der Waals surface area contributed by atoms with Crippen molar-refractivity contribution in [3.05, 3.63) is 240 Å². The van der Waals surface area contributed by atoms with Crippen LogP contribution in [0.3, 0.4) is 0 Å². The van der Waals surface area contributed by atoms with E-state index in [9.17, 15) is 61.9 Å². The lowest BCUT2D eigenvalue weighted by Gasteiger charge is -2.25. The third-order valence-electron chi connectivity index (χ3n) is 28.9. The average molecular weight is 2150 g/mol. The highest BCUT2D eigenvalue weighted by Gasteiger charge is 2.47. The number of urea groups is 6. The first kappa shape index (κ1) is 104. The second-order valence-corrected chi connectivity index (χ2v) is 41.2. The monoisotopic (exact) mass is 2150 g/mol. The van der Waals surface area contributed by atoms with Crippen LogP contribution in [0.15, 0.2) is 171 Å². The van der Waals surface area contributed by atoms with Crippen molar-refractivity contribution < 1.29 is 85.6 Å². The van der Waals surface area contributed by atoms with Gasteiger partial charge in [0.2, 0.25) is 0 Å². The Morgan fingerprint density at radius 2 is 0.604 bits per heavy atom. The molecule has 149 heavy (non-hydrogen) atoms. The van der Waals surface area contributed by atoms with Crippen LogP contribution >= 0.6 is 69.6 Å². The predicted molar refractivity (Wildman–Crippen MR) is 561 cm³/mol. The first-order chi connectivity index (χ1) is 72.2. The van der Waals surface area contributed by atoms with Gasteiger partial charge in [0.25, 0.3) is 35.4 Å². The molecule has 9 atom stereocenters. The van der Waals surface area contributed by atoms with E-state index in [4.69, 9.17) is 93.3 Å². The highest BCUT2D eigenvalue weighted by Crippen LogP contribution is 2.37. The van der Waals surface area contributed by atoms with Crippen molar-refractivity contribution in [1.29, 1.82) is 0 Å². The molecule has 11 aliphatic rings. The fraction of sp³-hybridized carbons (Fsp3) is 0.383. The van der Waals surface area contributed by atoms with Crippen LogP contribution < -0.4 is 36.6 Å². The number of rotatable bonds is 27. The zero-order valence-corrected chi connectivity index (χ0v) is 85.5. The van der Waals surface area contributed by atoms with Crippen molar-refractivity contribution in [2.24, 2.45) is 11.8 Å². The molecule has 18 amide bonds. The number of fused-ring (bicyclic) bond motifs is 6. The van der Waals surface area contributed by atoms with Gasteiger partial charge in [-0.05, 0) is 158 Å². The molecule has 35 nitrogen and oxygen atoms in total. The number of hydrogen-bond donors (Lipinski definition) is 12. The fourth-order valence-electron chi connectivity index (χ4n) is 20.9. The Labute approximate surface area is 884 Å². The molecule has 0 bridgehead atoms. The lowest BCUT2D eigenvalue weighted by Crippen LogP contribution is -2.38. The quantitative estimate of drug-likeness (QED) is 0.0129. The Bertz CT molecular complexity index is 7070. The minimum absolute atomic E-state index is 0.000320. The molecule has 0 radical (unpaired) electrons. The second kappa shape index (κ2) is 46.9. The molecule has 10 saturated heterocycles. The SMILES string of the molecule is O=C1N[C@H](Cc2c[nH]c3c(Cl)c(F)ccc23)C(=O)N1CC1CCCO1.O=C1N[C@H](Cc2c[nH]c3c(Cl)cccc23)C(=O)N1CC1CCCCC1.O=C1N[C@H](Cc2c[nH]c3c(Cl)cccc23)C(=O)N1CC1CCCO1.O=C1N[C@H](Cc2c[nH]c3c(Cl)cccc23)C(=O)N1CC1CCOCC1.O=C1N[C@H](Cc2c[nH]c3c(Cl)cccc23)C(=O)N1CC1CO1.O=C1N[C@H](Cc2c[nH]c3c(Cl)cccc23)C(=O)N1CCCOc1ccccc1. The van der Waals surface area contributed by atoms with E-state index in [0.717, 1.165) is 150 Å². The zero-order chi connectivity index (χ0) is 104. The number of H-pyrrole nitrogens is 6. The summed E-state index contributed by atoms with van der Waals surface area (Å²) in [6.45, 7) is 6.14. The Morgan fingerprint density at radius 1 is 0.302 bits per heavy atom. The normalized spacial score (nSPS) is 21.9. The molecule has 1 aliphatic carbocycles. The molecule has 1 saturated carbocycles. The van der Waals surface area contributed by atoms with Gasteiger partial charge in [-0.15, -0.1) is 0 Å². The van der Waals surface area contributed by atoms with Crippen molar-refractivity contribution in [3.63, 3.8) is 0 Å². The molecule has 10 aliphatic heterocycles. The van der Waals surface area contributed by atoms with Crippen LogP contribution in [0.4, 0.5) is 33.2 Å². The number of ether oxygens (including phenoxy) is 5. The van der Waals surface area contributed by atoms with Gasteiger partial charge >= 0.3 is 36.2 Å². The maximum atomic E-state index is 13.5. The standard InChI is InChI=1S/C21H20ClN3O3.C19H22ClN3O2.C18H20ClN3O3.C17H17ClFN3O3.C17H18ClN3O3.C15H14ClN3O3/c22-17-9-4-8-16-14(13-23-19(16)17)12-18-20(26)25(21(27)24-18)10-5-11-28-15-6-2-1-3-7-15;20-15-8-4-7-14-13(10-21-17(14)15)9-16-18(24)23(19(25)22-16)11-12-5-2-1-3-6-12;19-14-3-1-2-13-12(9-20-16(13)14)8-15-17(23)22(18(24)21-15)10-11-4-6-25-7-5-11;18-14-12(19)4-3-11-9(7-20-15(11)14)6-13-16(23)22(17(24)21-13)8-10-2-1-5-25-10;18-13-5-1-4-12-10(8-19-15(12)13)7-14-16(22)21(17(23)20-14)9-11-3-2-6-24-11;16-11-3-1-2-10-8(5-17-13(10)11)4-12-14(20)19(15(21)18-12)6-9-7-22-9/h1-4,6-9,13,18,23H,5,10-12H2,(H,24,27);4,7-8,10,12,16,21H,1-3,5-6,9,11H2,(H,22,25);1-3,9,11,15,20H,4-8,10H2,(H,21,24);3-4,7,10,13,20H,1-2,5-6,8H2,(H,21,24);1,4-5,8,11,14,19H,2-3,6-7,9H2,(H,20,23);1-3,5,9,12,17H,4,6-7H2,(H,18,21)/t18-;16-;15-;10?,13-;11?,14-;9?,12-/m111111/s1. The van der Waals surface area contributed by atoms with Gasteiger partial charge in [0.1, 0.15) is 52.8 Å². The minimum atomic E-state index is -0.642. The number of imide groups is 6. The van der Waals surface area contributed by atoms with Crippen molar-refractivity contribution in [3.8, 4) is 5.75 Å². The summed E-state index contributed by atoms with van der Waals surface area (Å²) in [6.07, 6.45) is 25.3. The van der Waals surface area contributed by atoms with Crippen LogP contribution in [0.1, 0.15) is 110 Å². The Kier molecular flexibility index (Phi) is 32.8. The second-order valence-electron chi connectivity index (χ2n) is 38.8. The molecule has 42 heteroatoms. The Hall–Kier alpha value is -13.3. The lowest BCUT2D eigenvalue weighted by molar-refractivity contribution is -0.129. The van der Waals surface area contributed by atoms with E-state index < -0.39 is 48.1 Å². The summed E-state index contributed by atoms with van der Waals surface area (Å²) in [7, 11) is 0. The van der Waals surface area contributed by atoms with Gasteiger partial charge in [-0.3, -0.25) is 58.2 Å². The van der Waals surface area contributed by atoms with E-state index >= 15 is 0 Å². The van der Waals surface area contributed by atoms with Crippen LogP contribution in [-0.2, 0) is 86.2 Å². The molecule has 0 spiro atoms. The molecule has 11 fully saturated rings. The molecule has 13 aromatic rings. The molecule has 12 N–H and O–H groups in total. The molecule has 3 unspecified atom stereocenters. The summed E-state index contributed by atoms with van der Waals surface area (Å²) in [5.74, 6) is -0.0537. The number of para-hydroxylation sites is 6. The van der Waals surface area contributed by atoms with E-state index in [1.807, 2.05) is 152 Å². The van der Waals surface area contributed by atoms with Crippen molar-refractivity contribution >= 4 is 207 Å². The number of amides is 18. The number of benzene rings is 7. The largest absolute Gasteiger partial charge is 0.494 e. The van der Waals surface area contributed by atoms with Crippen molar-refractivity contribution in [2.75, 3.05) is 78.9 Å².